The number of rotatable bonds is 5. The van der Waals surface area contributed by atoms with Crippen molar-refractivity contribution in [1.82, 2.24) is 24.9 Å². The van der Waals surface area contributed by atoms with Crippen molar-refractivity contribution in [3.8, 4) is 0 Å². The van der Waals surface area contributed by atoms with Gasteiger partial charge in [0.2, 0.25) is 0 Å². The maximum absolute atomic E-state index is 13.3. The van der Waals surface area contributed by atoms with E-state index in [0.717, 1.165) is 76.7 Å². The van der Waals surface area contributed by atoms with Crippen LogP contribution >= 0.6 is 11.8 Å². The molecule has 7 nitrogen and oxygen atoms in total. The van der Waals surface area contributed by atoms with E-state index >= 15 is 0 Å². The van der Waals surface area contributed by atoms with E-state index in [4.69, 9.17) is 9.84 Å². The number of nitrogens with zero attached hydrogens (tertiary/aromatic N) is 4. The van der Waals surface area contributed by atoms with Gasteiger partial charge in [-0.3, -0.25) is 14.4 Å². The van der Waals surface area contributed by atoms with E-state index in [9.17, 15) is 4.79 Å². The van der Waals surface area contributed by atoms with E-state index in [1.54, 1.807) is 0 Å². The van der Waals surface area contributed by atoms with E-state index in [1.807, 2.05) is 28.4 Å². The number of thioether (sulfide) groups is 1. The summed E-state index contributed by atoms with van der Waals surface area (Å²) in [6.07, 6.45) is 11.1. The third-order valence-corrected chi connectivity index (χ3v) is 9.33. The van der Waals surface area contributed by atoms with Gasteiger partial charge in [0.1, 0.15) is 0 Å². The lowest BCUT2D eigenvalue weighted by atomic mass is 9.85. The number of aryl methyl sites for hydroxylation is 1. The van der Waals surface area contributed by atoms with E-state index in [2.05, 4.69) is 10.2 Å². The van der Waals surface area contributed by atoms with Crippen LogP contribution in [0, 0.1) is 0 Å². The van der Waals surface area contributed by atoms with Gasteiger partial charge in [0, 0.05) is 74.1 Å². The van der Waals surface area contributed by atoms with Gasteiger partial charge in [0.25, 0.3) is 5.91 Å². The first kappa shape index (κ1) is 23.6. The zero-order valence-corrected chi connectivity index (χ0v) is 21.1. The van der Waals surface area contributed by atoms with Gasteiger partial charge in [-0.2, -0.15) is 16.9 Å². The molecule has 8 heteroatoms. The van der Waals surface area contributed by atoms with Crippen molar-refractivity contribution in [2.24, 2.45) is 7.05 Å². The van der Waals surface area contributed by atoms with Gasteiger partial charge in [0.05, 0.1) is 13.2 Å². The molecular weight excluding hydrogens is 434 g/mol. The minimum absolute atomic E-state index is 0.140. The Balaban J connectivity index is 1.29. The third-order valence-electron chi connectivity index (χ3n) is 8.39. The highest BCUT2D eigenvalue weighted by molar-refractivity contribution is 7.99. The molecule has 2 aliphatic carbocycles. The van der Waals surface area contributed by atoms with Crippen LogP contribution in [-0.4, -0.2) is 94.5 Å². The quantitative estimate of drug-likeness (QED) is 0.661. The molecule has 3 heterocycles. The van der Waals surface area contributed by atoms with Crippen molar-refractivity contribution in [2.75, 3.05) is 57.4 Å². The number of aromatic nitrogens is 2. The minimum atomic E-state index is 0.140. The number of carbonyl (C=O) groups is 1. The van der Waals surface area contributed by atoms with Crippen molar-refractivity contribution in [1.29, 1.82) is 0 Å². The minimum Gasteiger partial charge on any atom is -0.379 e. The van der Waals surface area contributed by atoms with E-state index in [-0.39, 0.29) is 11.4 Å². The molecule has 33 heavy (non-hydrogen) atoms. The number of hydrogen-bond donors (Lipinski definition) is 1. The number of morpholine rings is 1. The molecule has 3 fully saturated rings. The standard InChI is InChI=1S/C25H41N5O2S/c1-28-22-7-6-20(18-21(22)23(27-28)24(31)29-12-16-33-17-13-29)26-19-25(8-4-2-3-5-9-25)30-10-14-32-15-11-30/h20,26H,2-19H2,1H3/t20-/m0/s1. The molecule has 0 bridgehead atoms. The van der Waals surface area contributed by atoms with E-state index in [1.165, 1.54) is 49.8 Å². The maximum atomic E-state index is 13.3. The SMILES string of the molecule is Cn1nc(C(=O)N2CCSCC2)c2c1CC[C@H](NCC1(N3CCOCC3)CCCCCC1)C2. The van der Waals surface area contributed by atoms with Crippen LogP contribution in [0.1, 0.15) is 66.7 Å². The summed E-state index contributed by atoms with van der Waals surface area (Å²) in [4.78, 5) is 18.0. The number of hydrogen-bond acceptors (Lipinski definition) is 6. The Bertz CT molecular complexity index is 808. The summed E-state index contributed by atoms with van der Waals surface area (Å²) in [5, 5.41) is 8.73. The van der Waals surface area contributed by atoms with Gasteiger partial charge < -0.3 is 15.0 Å². The fourth-order valence-electron chi connectivity index (χ4n) is 6.42. The first-order chi connectivity index (χ1) is 16.2. The average Bonchev–Trinajstić information content (AvgIpc) is 3.03. The molecular formula is C25H41N5O2S. The number of carbonyl (C=O) groups excluding carboxylic acids is 1. The van der Waals surface area contributed by atoms with Gasteiger partial charge in [0.15, 0.2) is 5.69 Å². The van der Waals surface area contributed by atoms with E-state index in [0.29, 0.717) is 11.7 Å². The summed E-state index contributed by atoms with van der Waals surface area (Å²) < 4.78 is 7.65. The number of ether oxygens (including phenoxy) is 1. The fourth-order valence-corrected chi connectivity index (χ4v) is 7.32. The molecule has 1 amide bonds. The summed E-state index contributed by atoms with van der Waals surface area (Å²) in [5.74, 6) is 2.21. The van der Waals surface area contributed by atoms with Crippen LogP contribution in [0.5, 0.6) is 0 Å². The highest BCUT2D eigenvalue weighted by Gasteiger charge is 2.39. The fraction of sp³-hybridized carbons (Fsp3) is 0.840. The molecule has 2 saturated heterocycles. The van der Waals surface area contributed by atoms with Crippen molar-refractivity contribution in [3.05, 3.63) is 17.0 Å². The maximum Gasteiger partial charge on any atom is 0.274 e. The highest BCUT2D eigenvalue weighted by Crippen LogP contribution is 2.34. The Kier molecular flexibility index (Phi) is 7.64. The molecule has 2 aliphatic heterocycles. The Morgan fingerprint density at radius 3 is 2.58 bits per heavy atom. The van der Waals surface area contributed by atoms with Crippen LogP contribution < -0.4 is 5.32 Å². The molecule has 4 aliphatic rings. The first-order valence-corrected chi connectivity index (χ1v) is 14.3. The third kappa shape index (κ3) is 5.14. The monoisotopic (exact) mass is 475 g/mol. The van der Waals surface area contributed by atoms with Gasteiger partial charge in [-0.15, -0.1) is 0 Å². The topological polar surface area (TPSA) is 62.6 Å². The zero-order chi connectivity index (χ0) is 22.7. The van der Waals surface area contributed by atoms with Gasteiger partial charge >= 0.3 is 0 Å². The molecule has 0 spiro atoms. The second-order valence-electron chi connectivity index (χ2n) is 10.4. The zero-order valence-electron chi connectivity index (χ0n) is 20.3. The van der Waals surface area contributed by atoms with Crippen LogP contribution in [0.4, 0.5) is 0 Å². The van der Waals surface area contributed by atoms with Crippen LogP contribution in [0.2, 0.25) is 0 Å². The average molecular weight is 476 g/mol. The summed E-state index contributed by atoms with van der Waals surface area (Å²) in [6, 6.07) is 0.423. The Morgan fingerprint density at radius 1 is 1.12 bits per heavy atom. The molecule has 5 rings (SSSR count). The molecule has 0 radical (unpaired) electrons. The molecule has 1 aromatic heterocycles. The molecule has 184 valence electrons. The largest absolute Gasteiger partial charge is 0.379 e. The van der Waals surface area contributed by atoms with Gasteiger partial charge in [-0.1, -0.05) is 25.7 Å². The molecule has 1 atom stereocenters. The lowest BCUT2D eigenvalue weighted by Gasteiger charge is -2.46. The predicted octanol–water partition coefficient (Wildman–Crippen LogP) is 2.48. The van der Waals surface area contributed by atoms with Crippen molar-refractivity contribution in [2.45, 2.75) is 69.4 Å². The second-order valence-corrected chi connectivity index (χ2v) is 11.6. The molecule has 1 N–H and O–H groups in total. The Hall–Kier alpha value is -1.09. The summed E-state index contributed by atoms with van der Waals surface area (Å²) >= 11 is 1.94. The number of nitrogens with one attached hydrogen (secondary N) is 1. The summed E-state index contributed by atoms with van der Waals surface area (Å²) in [7, 11) is 2.01. The first-order valence-electron chi connectivity index (χ1n) is 13.1. The lowest BCUT2D eigenvalue weighted by Crippen LogP contribution is -2.59. The molecule has 1 saturated carbocycles. The van der Waals surface area contributed by atoms with Crippen LogP contribution in [0.15, 0.2) is 0 Å². The second kappa shape index (κ2) is 10.7. The van der Waals surface area contributed by atoms with Crippen molar-refractivity contribution >= 4 is 17.7 Å². The molecule has 0 unspecified atom stereocenters. The highest BCUT2D eigenvalue weighted by atomic mass is 32.2. The van der Waals surface area contributed by atoms with Gasteiger partial charge in [-0.25, -0.2) is 0 Å². The van der Waals surface area contributed by atoms with E-state index < -0.39 is 0 Å². The molecule has 0 aromatic carbocycles. The van der Waals surface area contributed by atoms with Crippen molar-refractivity contribution < 1.29 is 9.53 Å². The smallest absolute Gasteiger partial charge is 0.274 e. The predicted molar refractivity (Wildman–Crippen MR) is 133 cm³/mol. The molecule has 1 aromatic rings. The Labute approximate surface area is 203 Å². The van der Waals surface area contributed by atoms with Crippen LogP contribution in [-0.2, 0) is 24.6 Å². The summed E-state index contributed by atoms with van der Waals surface area (Å²) in [6.45, 7) is 6.60. The van der Waals surface area contributed by atoms with Crippen LogP contribution in [0.3, 0.4) is 0 Å². The normalized spacial score (nSPS) is 26.6. The van der Waals surface area contributed by atoms with Gasteiger partial charge in [-0.05, 0) is 32.1 Å². The van der Waals surface area contributed by atoms with Crippen LogP contribution in [0.25, 0.3) is 0 Å². The van der Waals surface area contributed by atoms with Crippen molar-refractivity contribution in [3.63, 3.8) is 0 Å². The number of amides is 1. The number of fused-ring (bicyclic) bond motifs is 1. The lowest BCUT2D eigenvalue weighted by molar-refractivity contribution is -0.0297. The summed E-state index contributed by atoms with van der Waals surface area (Å²) in [5.41, 5.74) is 3.44. The Morgan fingerprint density at radius 2 is 1.85 bits per heavy atom.